The van der Waals surface area contributed by atoms with Crippen molar-refractivity contribution in [2.24, 2.45) is 0 Å². The Morgan fingerprint density at radius 1 is 1.05 bits per heavy atom. The van der Waals surface area contributed by atoms with E-state index in [-0.39, 0.29) is 5.78 Å². The molecule has 21 heavy (non-hydrogen) atoms. The summed E-state index contributed by atoms with van der Waals surface area (Å²) in [4.78, 5) is 11.9. The Labute approximate surface area is 134 Å². The van der Waals surface area contributed by atoms with Crippen molar-refractivity contribution in [2.45, 2.75) is 13.8 Å². The van der Waals surface area contributed by atoms with E-state index in [1.54, 1.807) is 24.3 Å². The Balaban J connectivity index is 2.05. The standard InChI is InChI=1S/C17H14Cl2O2/c1-11-9-15(10-12(2)17(11)19)21-8-7-16(20)13-3-5-14(18)6-4-13/h3-10H,1-2H3/b8-7+. The fraction of sp³-hybridized carbons (Fsp3) is 0.118. The molecule has 2 rings (SSSR count). The minimum Gasteiger partial charge on any atom is -0.465 e. The molecule has 0 aliphatic heterocycles. The zero-order valence-electron chi connectivity index (χ0n) is 11.7. The lowest BCUT2D eigenvalue weighted by Gasteiger charge is -2.06. The zero-order chi connectivity index (χ0) is 15.4. The van der Waals surface area contributed by atoms with Gasteiger partial charge in [0.1, 0.15) is 5.75 Å². The number of carbonyl (C=O) groups excluding carboxylic acids is 1. The molecule has 0 saturated carbocycles. The summed E-state index contributed by atoms with van der Waals surface area (Å²) in [6, 6.07) is 10.3. The molecule has 0 amide bonds. The molecule has 0 bridgehead atoms. The average Bonchev–Trinajstić information content (AvgIpc) is 2.45. The van der Waals surface area contributed by atoms with Gasteiger partial charge in [0.25, 0.3) is 0 Å². The zero-order valence-corrected chi connectivity index (χ0v) is 13.2. The van der Waals surface area contributed by atoms with Gasteiger partial charge in [-0.15, -0.1) is 0 Å². The number of ketones is 1. The summed E-state index contributed by atoms with van der Waals surface area (Å²) in [5, 5.41) is 1.32. The number of ether oxygens (including phenoxy) is 1. The molecule has 0 aromatic heterocycles. The minimum absolute atomic E-state index is 0.144. The molecule has 0 spiro atoms. The molecule has 0 unspecified atom stereocenters. The van der Waals surface area contributed by atoms with Gasteiger partial charge in [-0.2, -0.15) is 0 Å². The first-order chi connectivity index (χ1) is 9.97. The number of halogens is 2. The molecule has 2 nitrogen and oxygen atoms in total. The Morgan fingerprint density at radius 2 is 1.62 bits per heavy atom. The number of hydrogen-bond acceptors (Lipinski definition) is 2. The van der Waals surface area contributed by atoms with Gasteiger partial charge in [0.15, 0.2) is 5.78 Å². The van der Waals surface area contributed by atoms with Crippen LogP contribution in [0.4, 0.5) is 0 Å². The predicted octanol–water partition coefficient (Wildman–Crippen LogP) is 5.39. The number of aryl methyl sites for hydroxylation is 2. The second kappa shape index (κ2) is 6.79. The van der Waals surface area contributed by atoms with E-state index >= 15 is 0 Å². The summed E-state index contributed by atoms with van der Waals surface area (Å²) in [6.45, 7) is 3.82. The van der Waals surface area contributed by atoms with Gasteiger partial charge in [0.05, 0.1) is 6.26 Å². The van der Waals surface area contributed by atoms with Crippen molar-refractivity contribution in [3.05, 3.63) is 75.5 Å². The molecule has 0 radical (unpaired) electrons. The molecule has 2 aromatic rings. The van der Waals surface area contributed by atoms with E-state index in [2.05, 4.69) is 0 Å². The van der Waals surface area contributed by atoms with Crippen LogP contribution < -0.4 is 4.74 Å². The van der Waals surface area contributed by atoms with Crippen LogP contribution >= 0.6 is 23.2 Å². The summed E-state index contributed by atoms with van der Waals surface area (Å²) in [7, 11) is 0. The van der Waals surface area contributed by atoms with Crippen LogP contribution in [0.2, 0.25) is 10.0 Å². The first kappa shape index (κ1) is 15.6. The van der Waals surface area contributed by atoms with E-state index < -0.39 is 0 Å². The third-order valence-corrected chi connectivity index (χ3v) is 3.81. The second-order valence-corrected chi connectivity index (χ2v) is 5.48. The lowest BCUT2D eigenvalue weighted by molar-refractivity contribution is 0.104. The molecule has 108 valence electrons. The van der Waals surface area contributed by atoms with Crippen molar-refractivity contribution in [2.75, 3.05) is 0 Å². The maximum atomic E-state index is 11.9. The van der Waals surface area contributed by atoms with Crippen molar-refractivity contribution in [1.29, 1.82) is 0 Å². The lowest BCUT2D eigenvalue weighted by atomic mass is 10.1. The number of allylic oxidation sites excluding steroid dienone is 1. The van der Waals surface area contributed by atoms with Gasteiger partial charge >= 0.3 is 0 Å². The summed E-state index contributed by atoms with van der Waals surface area (Å²) < 4.78 is 5.45. The topological polar surface area (TPSA) is 26.3 Å². The van der Waals surface area contributed by atoms with Gasteiger partial charge in [0, 0.05) is 21.7 Å². The maximum Gasteiger partial charge on any atom is 0.188 e. The minimum atomic E-state index is -0.144. The summed E-state index contributed by atoms with van der Waals surface area (Å²) in [5.74, 6) is 0.503. The van der Waals surface area contributed by atoms with Crippen LogP contribution in [0, 0.1) is 13.8 Å². The van der Waals surface area contributed by atoms with E-state index in [0.29, 0.717) is 16.3 Å². The largest absolute Gasteiger partial charge is 0.465 e. The highest BCUT2D eigenvalue weighted by atomic mass is 35.5. The van der Waals surface area contributed by atoms with E-state index in [4.69, 9.17) is 27.9 Å². The van der Waals surface area contributed by atoms with E-state index in [0.717, 1.165) is 16.1 Å². The van der Waals surface area contributed by atoms with Crippen LogP contribution in [-0.2, 0) is 0 Å². The van der Waals surface area contributed by atoms with Crippen LogP contribution in [0.25, 0.3) is 0 Å². The van der Waals surface area contributed by atoms with Crippen LogP contribution in [0.15, 0.2) is 48.7 Å². The molecule has 0 fully saturated rings. The Hall–Kier alpha value is -1.77. The molecule has 0 aliphatic carbocycles. The fourth-order valence-electron chi connectivity index (χ4n) is 1.86. The molecule has 0 heterocycles. The molecule has 2 aromatic carbocycles. The normalized spacial score (nSPS) is 10.9. The van der Waals surface area contributed by atoms with Crippen molar-refractivity contribution in [3.63, 3.8) is 0 Å². The predicted molar refractivity (Wildman–Crippen MR) is 86.5 cm³/mol. The molecule has 0 saturated heterocycles. The van der Waals surface area contributed by atoms with Gasteiger partial charge < -0.3 is 4.74 Å². The molecule has 0 N–H and O–H groups in total. The highest BCUT2D eigenvalue weighted by Gasteiger charge is 2.04. The molecular weight excluding hydrogens is 307 g/mol. The number of rotatable bonds is 4. The second-order valence-electron chi connectivity index (χ2n) is 4.66. The number of carbonyl (C=O) groups is 1. The SMILES string of the molecule is Cc1cc(O/C=C/C(=O)c2ccc(Cl)cc2)cc(C)c1Cl. The fourth-order valence-corrected chi connectivity index (χ4v) is 2.09. The number of benzene rings is 2. The average molecular weight is 321 g/mol. The van der Waals surface area contributed by atoms with Gasteiger partial charge in [-0.1, -0.05) is 23.2 Å². The third-order valence-electron chi connectivity index (χ3n) is 2.96. The van der Waals surface area contributed by atoms with E-state index in [1.165, 1.54) is 12.3 Å². The lowest BCUT2D eigenvalue weighted by Crippen LogP contribution is -1.95. The van der Waals surface area contributed by atoms with Crippen LogP contribution in [0.1, 0.15) is 21.5 Å². The van der Waals surface area contributed by atoms with Crippen molar-refractivity contribution in [3.8, 4) is 5.75 Å². The summed E-state index contributed by atoms with van der Waals surface area (Å²) in [5.41, 5.74) is 2.43. The van der Waals surface area contributed by atoms with Crippen molar-refractivity contribution < 1.29 is 9.53 Å². The summed E-state index contributed by atoms with van der Waals surface area (Å²) in [6.07, 6.45) is 2.75. The highest BCUT2D eigenvalue weighted by molar-refractivity contribution is 6.32. The Kier molecular flexibility index (Phi) is 5.05. The van der Waals surface area contributed by atoms with E-state index in [9.17, 15) is 4.79 Å². The molecule has 0 atom stereocenters. The molecule has 0 aliphatic rings. The van der Waals surface area contributed by atoms with Gasteiger partial charge in [-0.25, -0.2) is 0 Å². The number of hydrogen-bond donors (Lipinski definition) is 0. The van der Waals surface area contributed by atoms with Crippen LogP contribution in [0.5, 0.6) is 5.75 Å². The Morgan fingerprint density at radius 3 is 2.19 bits per heavy atom. The van der Waals surface area contributed by atoms with Crippen LogP contribution in [-0.4, -0.2) is 5.78 Å². The van der Waals surface area contributed by atoms with Crippen LogP contribution in [0.3, 0.4) is 0 Å². The highest BCUT2D eigenvalue weighted by Crippen LogP contribution is 2.25. The Bertz CT molecular complexity index is 665. The molecular formula is C17H14Cl2O2. The quantitative estimate of drug-likeness (QED) is 0.429. The van der Waals surface area contributed by atoms with Gasteiger partial charge in [0.2, 0.25) is 0 Å². The maximum absolute atomic E-state index is 11.9. The summed E-state index contributed by atoms with van der Waals surface area (Å²) >= 11 is 11.9. The first-order valence-electron chi connectivity index (χ1n) is 6.37. The molecule has 4 heteroatoms. The van der Waals surface area contributed by atoms with Crippen molar-refractivity contribution in [1.82, 2.24) is 0 Å². The monoisotopic (exact) mass is 320 g/mol. The third kappa shape index (κ3) is 4.10. The van der Waals surface area contributed by atoms with Gasteiger partial charge in [-0.05, 0) is 61.4 Å². The first-order valence-corrected chi connectivity index (χ1v) is 7.13. The van der Waals surface area contributed by atoms with Gasteiger partial charge in [-0.3, -0.25) is 4.79 Å². The smallest absolute Gasteiger partial charge is 0.188 e. The van der Waals surface area contributed by atoms with E-state index in [1.807, 2.05) is 26.0 Å². The van der Waals surface area contributed by atoms with Crippen molar-refractivity contribution >= 4 is 29.0 Å².